The summed E-state index contributed by atoms with van der Waals surface area (Å²) in [5.74, 6) is -4.45. The van der Waals surface area contributed by atoms with Crippen molar-refractivity contribution < 1.29 is 27.2 Å². The smallest absolute Gasteiger partial charge is 0.320 e. The minimum atomic E-state index is -4.77. The van der Waals surface area contributed by atoms with Crippen LogP contribution in [0.1, 0.15) is 21.9 Å². The molecule has 122 valence electrons. The lowest BCUT2D eigenvalue weighted by Gasteiger charge is -2.06. The normalized spacial score (nSPS) is 12.6. The Morgan fingerprint density at radius 3 is 2.50 bits per heavy atom. The Morgan fingerprint density at radius 1 is 1.17 bits per heavy atom. The van der Waals surface area contributed by atoms with Gasteiger partial charge in [0.25, 0.3) is 5.91 Å². The van der Waals surface area contributed by atoms with Crippen molar-refractivity contribution in [2.24, 2.45) is 0 Å². The average Bonchev–Trinajstić information content (AvgIpc) is 2.79. The highest BCUT2D eigenvalue weighted by Gasteiger charge is 2.38. The fourth-order valence-electron chi connectivity index (χ4n) is 2.26. The minimum Gasteiger partial charge on any atom is -0.320 e. The third kappa shape index (κ3) is 2.53. The summed E-state index contributed by atoms with van der Waals surface area (Å²) in [6, 6.07) is 4.01. The Kier molecular flexibility index (Phi) is 3.43. The Bertz CT molecular complexity index is 906. The maximum Gasteiger partial charge on any atom is 0.451 e. The van der Waals surface area contributed by atoms with E-state index in [1.54, 1.807) is 0 Å². The number of anilines is 1. The summed E-state index contributed by atoms with van der Waals surface area (Å²) in [6.07, 6.45) is -3.85. The van der Waals surface area contributed by atoms with Crippen LogP contribution < -0.4 is 5.32 Å². The Morgan fingerprint density at radius 2 is 1.88 bits per heavy atom. The quantitative estimate of drug-likeness (QED) is 0.576. The molecule has 1 N–H and O–H groups in total. The van der Waals surface area contributed by atoms with Gasteiger partial charge < -0.3 is 5.32 Å². The number of rotatable bonds is 2. The van der Waals surface area contributed by atoms with Gasteiger partial charge in [-0.15, -0.1) is 0 Å². The van der Waals surface area contributed by atoms with Crippen molar-refractivity contribution in [2.45, 2.75) is 6.18 Å². The highest BCUT2D eigenvalue weighted by molar-refractivity contribution is 6.21. The molecule has 1 aliphatic rings. The number of nitrogens with zero attached hydrogens (tertiary/aromatic N) is 2. The number of hydrogen-bond acceptors (Lipinski definition) is 4. The molecule has 0 bridgehead atoms. The predicted molar refractivity (Wildman–Crippen MR) is 74.8 cm³/mol. The van der Waals surface area contributed by atoms with Gasteiger partial charge >= 0.3 is 6.18 Å². The largest absolute Gasteiger partial charge is 0.451 e. The molecule has 0 atom stereocenters. The summed E-state index contributed by atoms with van der Waals surface area (Å²) >= 11 is 0. The molecule has 3 rings (SSSR count). The van der Waals surface area contributed by atoms with E-state index < -0.39 is 29.5 Å². The Hall–Kier alpha value is -3.10. The lowest BCUT2D eigenvalue weighted by molar-refractivity contribution is -0.145. The zero-order valence-electron chi connectivity index (χ0n) is 11.7. The fraction of sp³-hybridized carbons (Fsp3) is 0.0667. The molecule has 0 unspecified atom stereocenters. The number of carbonyl (C=O) groups is 2. The molecule has 9 heteroatoms. The molecular formula is C15H7F4N3O2. The van der Waals surface area contributed by atoms with Crippen molar-refractivity contribution >= 4 is 17.4 Å². The molecular weight excluding hydrogens is 330 g/mol. The van der Waals surface area contributed by atoms with Gasteiger partial charge in [-0.25, -0.2) is 14.4 Å². The van der Waals surface area contributed by atoms with Crippen LogP contribution in [0.5, 0.6) is 0 Å². The van der Waals surface area contributed by atoms with E-state index in [-0.39, 0.29) is 22.5 Å². The molecule has 1 aliphatic carbocycles. The second-order valence-corrected chi connectivity index (χ2v) is 4.90. The maximum atomic E-state index is 12.7. The van der Waals surface area contributed by atoms with Gasteiger partial charge in [-0.05, 0) is 17.7 Å². The van der Waals surface area contributed by atoms with Crippen molar-refractivity contribution in [1.29, 1.82) is 0 Å². The molecule has 1 aromatic heterocycles. The van der Waals surface area contributed by atoms with E-state index in [0.29, 0.717) is 5.56 Å². The molecule has 0 aliphatic heterocycles. The Labute approximate surface area is 132 Å². The number of nitrogens with one attached hydrogen (secondary N) is 1. The van der Waals surface area contributed by atoms with Gasteiger partial charge in [-0.2, -0.15) is 13.2 Å². The number of fused-ring (bicyclic) bond motifs is 3. The fourth-order valence-corrected chi connectivity index (χ4v) is 2.26. The molecule has 0 fully saturated rings. The van der Waals surface area contributed by atoms with Gasteiger partial charge in [0, 0.05) is 23.0 Å². The monoisotopic (exact) mass is 337 g/mol. The van der Waals surface area contributed by atoms with Crippen LogP contribution in [0.25, 0.3) is 11.1 Å². The molecule has 5 nitrogen and oxygen atoms in total. The molecule has 0 radical (unpaired) electrons. The van der Waals surface area contributed by atoms with E-state index in [9.17, 15) is 27.2 Å². The van der Waals surface area contributed by atoms with Crippen molar-refractivity contribution in [3.63, 3.8) is 0 Å². The van der Waals surface area contributed by atoms with Crippen LogP contribution in [0.2, 0.25) is 0 Å². The number of benzene rings is 1. The topological polar surface area (TPSA) is 72.0 Å². The number of carbonyl (C=O) groups excluding carboxylic acids is 2. The molecule has 1 amide bonds. The number of hydrogen-bond donors (Lipinski definition) is 1. The van der Waals surface area contributed by atoms with Gasteiger partial charge in [0.15, 0.2) is 5.83 Å². The lowest BCUT2D eigenvalue weighted by Crippen LogP contribution is -2.13. The molecule has 0 saturated carbocycles. The first kappa shape index (κ1) is 15.8. The SMILES string of the molecule is C=C(F)C(=O)Nc1ccc2c(c1)C(=O)c1nc(C(F)(F)F)ncc1-2. The first-order valence-electron chi connectivity index (χ1n) is 6.47. The van der Waals surface area contributed by atoms with Gasteiger partial charge in [-0.1, -0.05) is 12.6 Å². The summed E-state index contributed by atoms with van der Waals surface area (Å²) in [5.41, 5.74) is 0.269. The van der Waals surface area contributed by atoms with E-state index in [1.165, 1.54) is 18.2 Å². The number of halogens is 4. The average molecular weight is 337 g/mol. The highest BCUT2D eigenvalue weighted by Crippen LogP contribution is 2.38. The highest BCUT2D eigenvalue weighted by atomic mass is 19.4. The number of ketones is 1. The molecule has 1 heterocycles. The minimum absolute atomic E-state index is 0.0425. The maximum absolute atomic E-state index is 12.7. The number of alkyl halides is 3. The second kappa shape index (κ2) is 5.22. The zero-order chi connectivity index (χ0) is 17.6. The van der Waals surface area contributed by atoms with Crippen LogP contribution in [-0.4, -0.2) is 21.7 Å². The van der Waals surface area contributed by atoms with Crippen LogP contribution in [-0.2, 0) is 11.0 Å². The zero-order valence-corrected chi connectivity index (χ0v) is 11.7. The van der Waals surface area contributed by atoms with E-state index in [2.05, 4.69) is 21.9 Å². The lowest BCUT2D eigenvalue weighted by atomic mass is 10.1. The van der Waals surface area contributed by atoms with Crippen LogP contribution >= 0.6 is 0 Å². The van der Waals surface area contributed by atoms with E-state index in [1.807, 2.05) is 0 Å². The molecule has 24 heavy (non-hydrogen) atoms. The summed E-state index contributed by atoms with van der Waals surface area (Å²) in [4.78, 5) is 30.0. The first-order valence-corrected chi connectivity index (χ1v) is 6.47. The van der Waals surface area contributed by atoms with Crippen molar-refractivity contribution in [3.8, 4) is 11.1 Å². The van der Waals surface area contributed by atoms with Gasteiger partial charge in [-0.3, -0.25) is 9.59 Å². The summed E-state index contributed by atoms with van der Waals surface area (Å²) in [7, 11) is 0. The van der Waals surface area contributed by atoms with Crippen LogP contribution in [0.15, 0.2) is 36.8 Å². The number of amides is 1. The van der Waals surface area contributed by atoms with Crippen molar-refractivity contribution in [1.82, 2.24) is 9.97 Å². The third-order valence-corrected chi connectivity index (χ3v) is 3.32. The van der Waals surface area contributed by atoms with Crippen molar-refractivity contribution in [3.05, 3.63) is 53.9 Å². The molecule has 1 aromatic carbocycles. The van der Waals surface area contributed by atoms with Crippen molar-refractivity contribution in [2.75, 3.05) is 5.32 Å². The molecule has 2 aromatic rings. The van der Waals surface area contributed by atoms with Crippen LogP contribution in [0, 0.1) is 0 Å². The van der Waals surface area contributed by atoms with Crippen LogP contribution in [0.3, 0.4) is 0 Å². The third-order valence-electron chi connectivity index (χ3n) is 3.32. The Balaban J connectivity index is 2.02. The van der Waals surface area contributed by atoms with Gasteiger partial charge in [0.05, 0.1) is 0 Å². The van der Waals surface area contributed by atoms with Crippen LogP contribution in [0.4, 0.5) is 23.2 Å². The summed E-state index contributed by atoms with van der Waals surface area (Å²) in [5, 5.41) is 2.17. The summed E-state index contributed by atoms with van der Waals surface area (Å²) < 4.78 is 50.7. The van der Waals surface area contributed by atoms with E-state index in [0.717, 1.165) is 6.20 Å². The first-order chi connectivity index (χ1) is 11.2. The molecule has 0 spiro atoms. The van der Waals surface area contributed by atoms with Gasteiger partial charge in [0.1, 0.15) is 5.69 Å². The van der Waals surface area contributed by atoms with E-state index in [4.69, 9.17) is 0 Å². The number of aromatic nitrogens is 2. The molecule has 0 saturated heterocycles. The van der Waals surface area contributed by atoms with E-state index >= 15 is 0 Å². The second-order valence-electron chi connectivity index (χ2n) is 4.90. The standard InChI is InChI=1S/C15H7F4N3O2/c1-6(16)13(24)21-7-2-3-8-9(4-7)12(23)11-10(8)5-20-14(22-11)15(17,18)19/h2-5H,1H2,(H,21,24). The van der Waals surface area contributed by atoms with Gasteiger partial charge in [0.2, 0.25) is 11.6 Å². The predicted octanol–water partition coefficient (Wildman–Crippen LogP) is 3.13. The summed E-state index contributed by atoms with van der Waals surface area (Å²) in [6.45, 7) is 2.83.